The van der Waals surface area contributed by atoms with Crippen LogP contribution in [0.5, 0.6) is 5.75 Å². The molecule has 0 spiro atoms. The van der Waals surface area contributed by atoms with Gasteiger partial charge in [-0.05, 0) is 47.9 Å². The summed E-state index contributed by atoms with van der Waals surface area (Å²) in [5.74, 6) is 2.58. The molecule has 0 N–H and O–H groups in total. The van der Waals surface area contributed by atoms with E-state index in [-0.39, 0.29) is 5.82 Å². The molecule has 0 bridgehead atoms. The number of hydrogen-bond acceptors (Lipinski definition) is 4. The number of rotatable bonds is 9. The van der Waals surface area contributed by atoms with Gasteiger partial charge in [0.25, 0.3) is 0 Å². The maximum absolute atomic E-state index is 13.1. The molecule has 2 aromatic carbocycles. The van der Waals surface area contributed by atoms with Gasteiger partial charge >= 0.3 is 0 Å². The topological polar surface area (TPSA) is 39.9 Å². The van der Waals surface area contributed by atoms with Gasteiger partial charge in [-0.1, -0.05) is 43.8 Å². The summed E-state index contributed by atoms with van der Waals surface area (Å²) >= 11 is 1.57. The van der Waals surface area contributed by atoms with Gasteiger partial charge in [0.15, 0.2) is 11.0 Å². The first-order chi connectivity index (χ1) is 13.6. The van der Waals surface area contributed by atoms with Crippen LogP contribution in [0.3, 0.4) is 0 Å². The first-order valence-corrected chi connectivity index (χ1v) is 10.2. The van der Waals surface area contributed by atoms with Crippen molar-refractivity contribution in [3.63, 3.8) is 0 Å². The predicted molar refractivity (Wildman–Crippen MR) is 112 cm³/mol. The molecule has 1 heterocycles. The van der Waals surface area contributed by atoms with E-state index in [0.29, 0.717) is 24.8 Å². The standard InChI is InChI=1S/C22H24FN3OS/c1-4-13-26-21(18-7-11-20(12-8-18)27-14-16(2)3)24-25-22(26)28-15-17-5-9-19(23)10-6-17/h4-12,16H,1,13-15H2,2-3H3. The molecule has 3 aromatic rings. The Morgan fingerprint density at radius 2 is 1.82 bits per heavy atom. The lowest BCUT2D eigenvalue weighted by molar-refractivity contribution is 0.271. The molecule has 0 aliphatic heterocycles. The number of nitrogens with zero attached hydrogens (tertiary/aromatic N) is 3. The van der Waals surface area contributed by atoms with Gasteiger partial charge in [0.05, 0.1) is 6.61 Å². The zero-order valence-electron chi connectivity index (χ0n) is 16.1. The zero-order valence-corrected chi connectivity index (χ0v) is 17.0. The van der Waals surface area contributed by atoms with E-state index in [9.17, 15) is 4.39 Å². The van der Waals surface area contributed by atoms with Crippen molar-refractivity contribution in [2.45, 2.75) is 31.3 Å². The highest BCUT2D eigenvalue weighted by Crippen LogP contribution is 2.27. The zero-order chi connectivity index (χ0) is 19.9. The third-order valence-electron chi connectivity index (χ3n) is 4.01. The van der Waals surface area contributed by atoms with Crippen LogP contribution >= 0.6 is 11.8 Å². The van der Waals surface area contributed by atoms with E-state index in [0.717, 1.165) is 27.9 Å². The van der Waals surface area contributed by atoms with Gasteiger partial charge in [0.2, 0.25) is 0 Å². The quantitative estimate of drug-likeness (QED) is 0.348. The Kier molecular flexibility index (Phi) is 6.87. The molecule has 0 radical (unpaired) electrons. The highest BCUT2D eigenvalue weighted by Gasteiger charge is 2.14. The molecule has 0 fully saturated rings. The van der Waals surface area contributed by atoms with Gasteiger partial charge in [0, 0.05) is 17.9 Å². The second kappa shape index (κ2) is 9.55. The molecule has 4 nitrogen and oxygen atoms in total. The van der Waals surface area contributed by atoms with Crippen LogP contribution in [0, 0.1) is 11.7 Å². The Balaban J connectivity index is 1.76. The normalized spacial score (nSPS) is 11.0. The van der Waals surface area contributed by atoms with E-state index < -0.39 is 0 Å². The number of aromatic nitrogens is 3. The maximum Gasteiger partial charge on any atom is 0.192 e. The SMILES string of the molecule is C=CCn1c(SCc2ccc(F)cc2)nnc1-c1ccc(OCC(C)C)cc1. The van der Waals surface area contributed by atoms with Crippen molar-refractivity contribution < 1.29 is 9.13 Å². The van der Waals surface area contributed by atoms with Gasteiger partial charge < -0.3 is 4.74 Å². The van der Waals surface area contributed by atoms with Crippen molar-refractivity contribution >= 4 is 11.8 Å². The molecule has 0 aliphatic carbocycles. The molecule has 0 atom stereocenters. The summed E-state index contributed by atoms with van der Waals surface area (Å²) in [6.45, 7) is 9.39. The fraction of sp³-hybridized carbons (Fsp3) is 0.273. The third kappa shape index (κ3) is 5.23. The fourth-order valence-corrected chi connectivity index (χ4v) is 3.50. The summed E-state index contributed by atoms with van der Waals surface area (Å²) in [6.07, 6.45) is 1.83. The molecule has 0 saturated heterocycles. The molecule has 3 rings (SSSR count). The van der Waals surface area contributed by atoms with Crippen molar-refractivity contribution in [2.24, 2.45) is 5.92 Å². The maximum atomic E-state index is 13.1. The minimum Gasteiger partial charge on any atom is -0.493 e. The lowest BCUT2D eigenvalue weighted by Crippen LogP contribution is -2.04. The Labute approximate surface area is 169 Å². The van der Waals surface area contributed by atoms with E-state index in [1.54, 1.807) is 23.9 Å². The second-order valence-corrected chi connectivity index (χ2v) is 7.79. The largest absolute Gasteiger partial charge is 0.493 e. The van der Waals surface area contributed by atoms with Gasteiger partial charge in [-0.2, -0.15) is 0 Å². The van der Waals surface area contributed by atoms with Gasteiger partial charge in [-0.25, -0.2) is 4.39 Å². The summed E-state index contributed by atoms with van der Waals surface area (Å²) in [7, 11) is 0. The van der Waals surface area contributed by atoms with Gasteiger partial charge in [-0.3, -0.25) is 4.57 Å². The van der Waals surface area contributed by atoms with Crippen LogP contribution in [-0.2, 0) is 12.3 Å². The lowest BCUT2D eigenvalue weighted by Gasteiger charge is -2.10. The molecule has 0 aliphatic rings. The number of thioether (sulfide) groups is 1. The third-order valence-corrected chi connectivity index (χ3v) is 5.04. The van der Waals surface area contributed by atoms with E-state index in [1.165, 1.54) is 12.1 Å². The van der Waals surface area contributed by atoms with E-state index >= 15 is 0 Å². The van der Waals surface area contributed by atoms with E-state index in [1.807, 2.05) is 34.9 Å². The Morgan fingerprint density at radius 3 is 2.46 bits per heavy atom. The van der Waals surface area contributed by atoms with Crippen molar-refractivity contribution in [3.8, 4) is 17.1 Å². The summed E-state index contributed by atoms with van der Waals surface area (Å²) in [6, 6.07) is 14.4. The van der Waals surface area contributed by atoms with Crippen LogP contribution in [0.2, 0.25) is 0 Å². The average Bonchev–Trinajstić information content (AvgIpc) is 3.09. The number of allylic oxidation sites excluding steroid dienone is 1. The Bertz CT molecular complexity index is 905. The second-order valence-electron chi connectivity index (χ2n) is 6.85. The summed E-state index contributed by atoms with van der Waals surface area (Å²) in [5, 5.41) is 9.53. The van der Waals surface area contributed by atoms with Crippen molar-refractivity contribution in [3.05, 3.63) is 72.6 Å². The Hall–Kier alpha value is -2.60. The molecular weight excluding hydrogens is 373 g/mol. The summed E-state index contributed by atoms with van der Waals surface area (Å²) in [5.41, 5.74) is 2.01. The van der Waals surface area contributed by atoms with Gasteiger partial charge in [-0.15, -0.1) is 16.8 Å². The highest BCUT2D eigenvalue weighted by atomic mass is 32.2. The highest BCUT2D eigenvalue weighted by molar-refractivity contribution is 7.98. The van der Waals surface area contributed by atoms with Crippen LogP contribution < -0.4 is 4.74 Å². The molecule has 1 aromatic heterocycles. The smallest absolute Gasteiger partial charge is 0.192 e. The number of benzene rings is 2. The lowest BCUT2D eigenvalue weighted by atomic mass is 10.2. The van der Waals surface area contributed by atoms with Crippen LogP contribution in [0.25, 0.3) is 11.4 Å². The molecule has 0 amide bonds. The monoisotopic (exact) mass is 397 g/mol. The van der Waals surface area contributed by atoms with E-state index in [2.05, 4.69) is 30.6 Å². The predicted octanol–water partition coefficient (Wildman–Crippen LogP) is 5.60. The van der Waals surface area contributed by atoms with Crippen LogP contribution in [-0.4, -0.2) is 21.4 Å². The van der Waals surface area contributed by atoms with Crippen molar-refractivity contribution in [1.82, 2.24) is 14.8 Å². The molecular formula is C22H24FN3OS. The molecule has 0 unspecified atom stereocenters. The number of ether oxygens (including phenoxy) is 1. The molecule has 28 heavy (non-hydrogen) atoms. The minimum atomic E-state index is -0.230. The van der Waals surface area contributed by atoms with Crippen molar-refractivity contribution in [1.29, 1.82) is 0 Å². The average molecular weight is 398 g/mol. The van der Waals surface area contributed by atoms with Crippen molar-refractivity contribution in [2.75, 3.05) is 6.61 Å². The minimum absolute atomic E-state index is 0.230. The molecule has 146 valence electrons. The number of halogens is 1. The first-order valence-electron chi connectivity index (χ1n) is 9.21. The first kappa shape index (κ1) is 20.1. The summed E-state index contributed by atoms with van der Waals surface area (Å²) < 4.78 is 20.8. The van der Waals surface area contributed by atoms with Gasteiger partial charge in [0.1, 0.15) is 11.6 Å². The summed E-state index contributed by atoms with van der Waals surface area (Å²) in [4.78, 5) is 0. The van der Waals surface area contributed by atoms with E-state index in [4.69, 9.17) is 4.74 Å². The van der Waals surface area contributed by atoms with Crippen LogP contribution in [0.1, 0.15) is 19.4 Å². The molecule has 0 saturated carbocycles. The number of hydrogen-bond donors (Lipinski definition) is 0. The Morgan fingerprint density at radius 1 is 1.11 bits per heavy atom. The fourth-order valence-electron chi connectivity index (χ4n) is 2.59. The van der Waals surface area contributed by atoms with Crippen LogP contribution in [0.4, 0.5) is 4.39 Å². The molecule has 6 heteroatoms. The van der Waals surface area contributed by atoms with Crippen LogP contribution in [0.15, 0.2) is 66.3 Å².